The molecule has 12 heteroatoms. The average molecular weight is 545 g/mol. The summed E-state index contributed by atoms with van der Waals surface area (Å²) in [6, 6.07) is 13.2. The Labute approximate surface area is 209 Å². The molecule has 0 saturated carbocycles. The Hall–Kier alpha value is -2.60. The fourth-order valence-electron chi connectivity index (χ4n) is 3.67. The minimum Gasteiger partial charge on any atom is -0.457 e. The summed E-state index contributed by atoms with van der Waals surface area (Å²) >= 11 is 6.83. The normalized spacial score (nSPS) is 16.9. The predicted octanol–water partition coefficient (Wildman–Crippen LogP) is 5.68. The Morgan fingerprint density at radius 2 is 1.69 bits per heavy atom. The molecule has 35 heavy (non-hydrogen) atoms. The monoisotopic (exact) mass is 544 g/mol. The number of ether oxygens (including phenoxy) is 1. The molecule has 2 aromatic carbocycles. The molecule has 0 unspecified atom stereocenters. The highest BCUT2D eigenvalue weighted by Gasteiger charge is 2.40. The van der Waals surface area contributed by atoms with Gasteiger partial charge >= 0.3 is 6.18 Å². The molecule has 0 aliphatic carbocycles. The van der Waals surface area contributed by atoms with Crippen molar-refractivity contribution in [2.75, 3.05) is 6.54 Å². The number of benzene rings is 2. The van der Waals surface area contributed by atoms with E-state index in [9.17, 15) is 26.4 Å². The summed E-state index contributed by atoms with van der Waals surface area (Å²) in [5.41, 5.74) is -0.0145. The molecular formula is C23H20ClF3N2O4S2. The van der Waals surface area contributed by atoms with E-state index in [1.807, 2.05) is 0 Å². The van der Waals surface area contributed by atoms with Gasteiger partial charge in [-0.25, -0.2) is 8.42 Å². The van der Waals surface area contributed by atoms with Gasteiger partial charge < -0.3 is 10.1 Å². The first-order valence-corrected chi connectivity index (χ1v) is 13.2. The molecule has 2 heterocycles. The van der Waals surface area contributed by atoms with Crippen molar-refractivity contribution >= 4 is 38.9 Å². The lowest BCUT2D eigenvalue weighted by atomic mass is 10.2. The summed E-state index contributed by atoms with van der Waals surface area (Å²) in [5.74, 6) is 0.287. The molecule has 1 aliphatic heterocycles. The third-order valence-corrected chi connectivity index (χ3v) is 9.03. The largest absolute Gasteiger partial charge is 0.457 e. The van der Waals surface area contributed by atoms with Crippen molar-refractivity contribution in [3.8, 4) is 11.5 Å². The van der Waals surface area contributed by atoms with Crippen molar-refractivity contribution in [2.24, 2.45) is 0 Å². The van der Waals surface area contributed by atoms with Gasteiger partial charge in [-0.3, -0.25) is 4.79 Å². The van der Waals surface area contributed by atoms with E-state index in [-0.39, 0.29) is 29.0 Å². The Morgan fingerprint density at radius 3 is 2.26 bits per heavy atom. The topological polar surface area (TPSA) is 75.7 Å². The third-order valence-electron chi connectivity index (χ3n) is 5.43. The molecule has 1 aromatic heterocycles. The van der Waals surface area contributed by atoms with Crippen LogP contribution >= 0.6 is 22.9 Å². The van der Waals surface area contributed by atoms with E-state index in [1.54, 1.807) is 24.3 Å². The SMILES string of the molecule is O=C(NCc1ccc(Oc2ccc(C(F)(F)F)cc2)cc1)[C@@H]1CCCN1S(=O)(=O)c1ccc(Cl)s1. The molecule has 6 nitrogen and oxygen atoms in total. The van der Waals surface area contributed by atoms with Crippen molar-refractivity contribution in [3.05, 3.63) is 76.1 Å². The first-order valence-electron chi connectivity index (χ1n) is 10.5. The van der Waals surface area contributed by atoms with Crippen molar-refractivity contribution in [2.45, 2.75) is 35.8 Å². The van der Waals surface area contributed by atoms with Gasteiger partial charge in [0.05, 0.1) is 9.90 Å². The number of thiophene rings is 1. The number of halogens is 4. The molecule has 0 bridgehead atoms. The van der Waals surface area contributed by atoms with Gasteiger partial charge in [-0.15, -0.1) is 11.3 Å². The highest BCUT2D eigenvalue weighted by Crippen LogP contribution is 2.33. The first kappa shape index (κ1) is 25.5. The number of sulfonamides is 1. The Balaban J connectivity index is 1.34. The molecule has 0 radical (unpaired) electrons. The number of carbonyl (C=O) groups is 1. The Kier molecular flexibility index (Phi) is 7.41. The van der Waals surface area contributed by atoms with E-state index in [0.29, 0.717) is 22.9 Å². The minimum absolute atomic E-state index is 0.103. The number of carbonyl (C=O) groups excluding carboxylic acids is 1. The van der Waals surface area contributed by atoms with Gasteiger partial charge in [0.15, 0.2) is 0 Å². The number of rotatable bonds is 7. The van der Waals surface area contributed by atoms with Gasteiger partial charge in [-0.05, 0) is 66.9 Å². The van der Waals surface area contributed by atoms with Crippen LogP contribution in [-0.2, 0) is 27.5 Å². The zero-order valence-corrected chi connectivity index (χ0v) is 20.5. The number of nitrogens with zero attached hydrogens (tertiary/aromatic N) is 1. The van der Waals surface area contributed by atoms with Gasteiger partial charge in [0.1, 0.15) is 21.8 Å². The maximum absolute atomic E-state index is 12.9. The fraction of sp³-hybridized carbons (Fsp3) is 0.261. The molecule has 3 aromatic rings. The summed E-state index contributed by atoms with van der Waals surface area (Å²) in [4.78, 5) is 12.8. The standard InChI is InChI=1S/C23H20ClF3N2O4S2/c24-20-11-12-21(34-20)35(31,32)29-13-1-2-19(29)22(30)28-14-15-3-7-17(8-4-15)33-18-9-5-16(6-10-18)23(25,26)27/h3-12,19H,1-2,13-14H2,(H,28,30)/t19-/m0/s1. The van der Waals surface area contributed by atoms with Gasteiger partial charge in [0.25, 0.3) is 10.0 Å². The van der Waals surface area contributed by atoms with Gasteiger partial charge in [-0.2, -0.15) is 17.5 Å². The number of hydrogen-bond acceptors (Lipinski definition) is 5. The second-order valence-electron chi connectivity index (χ2n) is 7.82. The van der Waals surface area contributed by atoms with Gasteiger partial charge in [0, 0.05) is 13.1 Å². The van der Waals surface area contributed by atoms with Crippen LogP contribution < -0.4 is 10.1 Å². The summed E-state index contributed by atoms with van der Waals surface area (Å²) < 4.78 is 71.1. The van der Waals surface area contributed by atoms with Crippen LogP contribution in [0.2, 0.25) is 4.34 Å². The summed E-state index contributed by atoms with van der Waals surface area (Å²) in [5, 5.41) is 2.77. The molecule has 186 valence electrons. The molecule has 4 rings (SSSR count). The zero-order valence-electron chi connectivity index (χ0n) is 18.1. The van der Waals surface area contributed by atoms with Gasteiger partial charge in [-0.1, -0.05) is 23.7 Å². The van der Waals surface area contributed by atoms with E-state index in [2.05, 4.69) is 5.32 Å². The van der Waals surface area contributed by atoms with Crippen molar-refractivity contribution in [3.63, 3.8) is 0 Å². The van der Waals surface area contributed by atoms with E-state index in [4.69, 9.17) is 16.3 Å². The highest BCUT2D eigenvalue weighted by molar-refractivity contribution is 7.91. The molecular weight excluding hydrogens is 525 g/mol. The lowest BCUT2D eigenvalue weighted by Gasteiger charge is -2.22. The molecule has 1 fully saturated rings. The molecule has 1 N–H and O–H groups in total. The van der Waals surface area contributed by atoms with E-state index < -0.39 is 27.8 Å². The van der Waals surface area contributed by atoms with Crippen LogP contribution in [-0.4, -0.2) is 31.2 Å². The number of amides is 1. The van der Waals surface area contributed by atoms with Gasteiger partial charge in [0.2, 0.25) is 5.91 Å². The quantitative estimate of drug-likeness (QED) is 0.415. The zero-order chi connectivity index (χ0) is 25.2. The van der Waals surface area contributed by atoms with Crippen molar-refractivity contribution in [1.29, 1.82) is 0 Å². The minimum atomic E-state index is -4.41. The maximum atomic E-state index is 12.9. The molecule has 0 spiro atoms. The Morgan fingerprint density at radius 1 is 1.06 bits per heavy atom. The average Bonchev–Trinajstić information content (AvgIpc) is 3.48. The number of nitrogens with one attached hydrogen (secondary N) is 1. The van der Waals surface area contributed by atoms with E-state index in [1.165, 1.54) is 28.6 Å². The second kappa shape index (κ2) is 10.2. The Bertz CT molecular complexity index is 1290. The maximum Gasteiger partial charge on any atom is 0.416 e. The van der Waals surface area contributed by atoms with E-state index >= 15 is 0 Å². The third kappa shape index (κ3) is 5.97. The van der Waals surface area contributed by atoms with Crippen LogP contribution in [0.4, 0.5) is 13.2 Å². The number of alkyl halides is 3. The number of hydrogen-bond donors (Lipinski definition) is 1. The van der Waals surface area contributed by atoms with Crippen LogP contribution in [0.15, 0.2) is 64.9 Å². The summed E-state index contributed by atoms with van der Waals surface area (Å²) in [7, 11) is -3.81. The van der Waals surface area contributed by atoms with Crippen LogP contribution in [0.5, 0.6) is 11.5 Å². The first-order chi connectivity index (χ1) is 16.5. The summed E-state index contributed by atoms with van der Waals surface area (Å²) in [6.07, 6.45) is -3.42. The molecule has 1 amide bonds. The molecule has 1 atom stereocenters. The van der Waals surface area contributed by atoms with Crippen LogP contribution in [0.25, 0.3) is 0 Å². The fourth-order valence-corrected chi connectivity index (χ4v) is 6.94. The molecule has 1 aliphatic rings. The predicted molar refractivity (Wildman–Crippen MR) is 126 cm³/mol. The van der Waals surface area contributed by atoms with Crippen molar-refractivity contribution < 1.29 is 31.1 Å². The van der Waals surface area contributed by atoms with Crippen molar-refractivity contribution in [1.82, 2.24) is 9.62 Å². The van der Waals surface area contributed by atoms with Crippen LogP contribution in [0, 0.1) is 0 Å². The lowest BCUT2D eigenvalue weighted by molar-refractivity contribution is -0.137. The smallest absolute Gasteiger partial charge is 0.416 e. The lowest BCUT2D eigenvalue weighted by Crippen LogP contribution is -2.45. The highest BCUT2D eigenvalue weighted by atomic mass is 35.5. The summed E-state index contributed by atoms with van der Waals surface area (Å²) in [6.45, 7) is 0.431. The second-order valence-corrected chi connectivity index (χ2v) is 11.7. The molecule has 1 saturated heterocycles. The van der Waals surface area contributed by atoms with E-state index in [0.717, 1.165) is 29.0 Å². The van der Waals surface area contributed by atoms with Crippen LogP contribution in [0.1, 0.15) is 24.0 Å². The van der Waals surface area contributed by atoms with Crippen LogP contribution in [0.3, 0.4) is 0 Å².